The Hall–Kier alpha value is -1.34. The molecule has 2 rings (SSSR count). The molecule has 0 aromatic carbocycles. The molecule has 20 heavy (non-hydrogen) atoms. The largest absolute Gasteiger partial charge is 0.340 e. The van der Waals surface area contributed by atoms with Crippen molar-refractivity contribution >= 4 is 15.9 Å². The third-order valence-electron chi connectivity index (χ3n) is 3.74. The van der Waals surface area contributed by atoms with Gasteiger partial charge in [0.25, 0.3) is 5.91 Å². The van der Waals surface area contributed by atoms with Crippen molar-refractivity contribution in [3.8, 4) is 0 Å². The smallest absolute Gasteiger partial charge is 0.270 e. The van der Waals surface area contributed by atoms with Crippen molar-refractivity contribution in [2.45, 2.75) is 50.6 Å². The second kappa shape index (κ2) is 5.21. The average Bonchev–Trinajstić information content (AvgIpc) is 2.92. The molecule has 1 aliphatic heterocycles. The Morgan fingerprint density at radius 2 is 2.10 bits per heavy atom. The zero-order valence-corrected chi connectivity index (χ0v) is 12.9. The van der Waals surface area contributed by atoms with Crippen molar-refractivity contribution in [1.29, 1.82) is 0 Å². The van der Waals surface area contributed by atoms with Gasteiger partial charge in [-0.1, -0.05) is 0 Å². The number of nitrogens with two attached hydrogens (primary N) is 1. The van der Waals surface area contributed by atoms with Gasteiger partial charge in [0.05, 0.1) is 0 Å². The molecule has 6 nitrogen and oxygen atoms in total. The molecule has 0 spiro atoms. The lowest BCUT2D eigenvalue weighted by atomic mass is 10.2. The van der Waals surface area contributed by atoms with E-state index in [2.05, 4.69) is 0 Å². The maximum Gasteiger partial charge on any atom is 0.270 e. The van der Waals surface area contributed by atoms with Crippen LogP contribution in [0.2, 0.25) is 0 Å². The van der Waals surface area contributed by atoms with Crippen LogP contribution in [0.25, 0.3) is 0 Å². The highest BCUT2D eigenvalue weighted by Crippen LogP contribution is 2.24. The third kappa shape index (κ3) is 2.73. The highest BCUT2D eigenvalue weighted by molar-refractivity contribution is 7.89. The normalized spacial score (nSPS) is 19.9. The molecule has 1 atom stereocenters. The Balaban J connectivity index is 2.44. The van der Waals surface area contributed by atoms with Crippen LogP contribution < -0.4 is 5.14 Å². The Kier molecular flexibility index (Phi) is 3.93. The molecule has 1 saturated heterocycles. The first kappa shape index (κ1) is 15.1. The number of hydrogen-bond acceptors (Lipinski definition) is 3. The van der Waals surface area contributed by atoms with E-state index in [0.29, 0.717) is 12.2 Å². The third-order valence-corrected chi connectivity index (χ3v) is 4.62. The van der Waals surface area contributed by atoms with Crippen molar-refractivity contribution in [3.63, 3.8) is 0 Å². The molecule has 7 heteroatoms. The SMILES string of the molecule is CC1CCCN1C(=O)c1cc(S(N)(=O)=O)cn1C(C)C. The van der Waals surface area contributed by atoms with Crippen molar-refractivity contribution < 1.29 is 13.2 Å². The second-order valence-electron chi connectivity index (χ2n) is 5.60. The van der Waals surface area contributed by atoms with Gasteiger partial charge in [-0.2, -0.15) is 0 Å². The van der Waals surface area contributed by atoms with E-state index in [0.717, 1.165) is 12.8 Å². The first-order valence-electron chi connectivity index (χ1n) is 6.77. The molecule has 0 bridgehead atoms. The lowest BCUT2D eigenvalue weighted by Gasteiger charge is -2.23. The lowest BCUT2D eigenvalue weighted by Crippen LogP contribution is -2.35. The van der Waals surface area contributed by atoms with E-state index in [1.807, 2.05) is 20.8 Å². The fourth-order valence-electron chi connectivity index (χ4n) is 2.59. The fraction of sp³-hybridized carbons (Fsp3) is 0.615. The fourth-order valence-corrected chi connectivity index (χ4v) is 3.13. The van der Waals surface area contributed by atoms with Crippen LogP contribution in [0.4, 0.5) is 0 Å². The molecular formula is C13H21N3O3S. The summed E-state index contributed by atoms with van der Waals surface area (Å²) >= 11 is 0. The number of sulfonamides is 1. The van der Waals surface area contributed by atoms with Gasteiger partial charge < -0.3 is 9.47 Å². The van der Waals surface area contributed by atoms with Crippen LogP contribution in [0.1, 0.15) is 50.1 Å². The molecule has 1 amide bonds. The van der Waals surface area contributed by atoms with E-state index < -0.39 is 10.0 Å². The van der Waals surface area contributed by atoms with E-state index in [1.54, 1.807) is 9.47 Å². The van der Waals surface area contributed by atoms with Crippen LogP contribution in [-0.4, -0.2) is 36.4 Å². The van der Waals surface area contributed by atoms with Gasteiger partial charge in [-0.25, -0.2) is 13.6 Å². The summed E-state index contributed by atoms with van der Waals surface area (Å²) in [6, 6.07) is 1.56. The number of rotatable bonds is 3. The summed E-state index contributed by atoms with van der Waals surface area (Å²) in [5, 5.41) is 5.15. The van der Waals surface area contributed by atoms with Crippen molar-refractivity contribution in [2.75, 3.05) is 6.54 Å². The van der Waals surface area contributed by atoms with Gasteiger partial charge in [-0.15, -0.1) is 0 Å². The molecule has 112 valence electrons. The molecule has 1 fully saturated rings. The number of carbonyl (C=O) groups excluding carboxylic acids is 1. The highest BCUT2D eigenvalue weighted by atomic mass is 32.2. The minimum Gasteiger partial charge on any atom is -0.340 e. The number of nitrogens with zero attached hydrogens (tertiary/aromatic N) is 2. The molecule has 0 radical (unpaired) electrons. The van der Waals surface area contributed by atoms with Gasteiger partial charge in [-0.05, 0) is 39.7 Å². The van der Waals surface area contributed by atoms with Gasteiger partial charge in [0.2, 0.25) is 10.0 Å². The summed E-state index contributed by atoms with van der Waals surface area (Å²) in [5.74, 6) is -0.126. The van der Waals surface area contributed by atoms with E-state index in [1.165, 1.54) is 12.3 Å². The van der Waals surface area contributed by atoms with E-state index in [-0.39, 0.29) is 22.9 Å². The Bertz CT molecular complexity index is 619. The van der Waals surface area contributed by atoms with Crippen LogP contribution in [-0.2, 0) is 10.0 Å². The number of carbonyl (C=O) groups is 1. The molecule has 1 aromatic rings. The maximum absolute atomic E-state index is 12.6. The molecule has 0 aliphatic carbocycles. The molecule has 2 N–H and O–H groups in total. The van der Waals surface area contributed by atoms with E-state index in [9.17, 15) is 13.2 Å². The number of likely N-dealkylation sites (tertiary alicyclic amines) is 1. The standard InChI is InChI=1S/C13H21N3O3S/c1-9(2)16-8-11(20(14,18)19)7-12(16)13(17)15-6-4-5-10(15)3/h7-10H,4-6H2,1-3H3,(H2,14,18,19). The number of amides is 1. The van der Waals surface area contributed by atoms with Gasteiger partial charge in [0.1, 0.15) is 10.6 Å². The first-order chi connectivity index (χ1) is 9.21. The zero-order chi connectivity index (χ0) is 15.1. The molecule has 0 saturated carbocycles. The van der Waals surface area contributed by atoms with Crippen LogP contribution in [0.15, 0.2) is 17.2 Å². The first-order valence-corrected chi connectivity index (χ1v) is 8.32. The molecule has 2 heterocycles. The van der Waals surface area contributed by atoms with Crippen molar-refractivity contribution in [2.24, 2.45) is 5.14 Å². The maximum atomic E-state index is 12.6. The Labute approximate surface area is 119 Å². The topological polar surface area (TPSA) is 85.4 Å². The molecule has 1 aromatic heterocycles. The summed E-state index contributed by atoms with van der Waals surface area (Å²) in [6.07, 6.45) is 3.40. The summed E-state index contributed by atoms with van der Waals surface area (Å²) in [4.78, 5) is 14.4. The second-order valence-corrected chi connectivity index (χ2v) is 7.16. The Morgan fingerprint density at radius 1 is 1.45 bits per heavy atom. The van der Waals surface area contributed by atoms with Gasteiger partial charge in [0.15, 0.2) is 0 Å². The predicted molar refractivity (Wildman–Crippen MR) is 75.9 cm³/mol. The minimum absolute atomic E-state index is 0.0117. The number of hydrogen-bond donors (Lipinski definition) is 1. The minimum atomic E-state index is -3.80. The van der Waals surface area contributed by atoms with Gasteiger partial charge >= 0.3 is 0 Å². The monoisotopic (exact) mass is 299 g/mol. The van der Waals surface area contributed by atoms with E-state index >= 15 is 0 Å². The van der Waals surface area contributed by atoms with Crippen LogP contribution in [0, 0.1) is 0 Å². The quantitative estimate of drug-likeness (QED) is 0.914. The van der Waals surface area contributed by atoms with Gasteiger partial charge in [-0.3, -0.25) is 4.79 Å². The molecular weight excluding hydrogens is 278 g/mol. The summed E-state index contributed by atoms with van der Waals surface area (Å²) in [5.41, 5.74) is 0.387. The van der Waals surface area contributed by atoms with Crippen molar-refractivity contribution in [1.82, 2.24) is 9.47 Å². The average molecular weight is 299 g/mol. The van der Waals surface area contributed by atoms with Crippen LogP contribution in [0.3, 0.4) is 0 Å². The lowest BCUT2D eigenvalue weighted by molar-refractivity contribution is 0.0735. The Morgan fingerprint density at radius 3 is 2.55 bits per heavy atom. The zero-order valence-electron chi connectivity index (χ0n) is 12.0. The van der Waals surface area contributed by atoms with Crippen LogP contribution >= 0.6 is 0 Å². The van der Waals surface area contributed by atoms with E-state index in [4.69, 9.17) is 5.14 Å². The highest BCUT2D eigenvalue weighted by Gasteiger charge is 2.29. The number of primary sulfonamides is 1. The number of aromatic nitrogens is 1. The van der Waals surface area contributed by atoms with Crippen molar-refractivity contribution in [3.05, 3.63) is 18.0 Å². The molecule has 1 aliphatic rings. The predicted octanol–water partition coefficient (Wildman–Crippen LogP) is 1.34. The molecule has 1 unspecified atom stereocenters. The summed E-state index contributed by atoms with van der Waals surface area (Å²) in [6.45, 7) is 6.52. The van der Waals surface area contributed by atoms with Gasteiger partial charge in [0, 0.05) is 24.8 Å². The summed E-state index contributed by atoms with van der Waals surface area (Å²) < 4.78 is 24.6. The summed E-state index contributed by atoms with van der Waals surface area (Å²) in [7, 11) is -3.80. The van der Waals surface area contributed by atoms with Crippen LogP contribution in [0.5, 0.6) is 0 Å².